The number of hydrogen-bond donors (Lipinski definition) is 1. The van der Waals surface area contributed by atoms with Crippen LogP contribution >= 0.6 is 0 Å². The lowest BCUT2D eigenvalue weighted by Gasteiger charge is -1.93. The first kappa shape index (κ1) is 8.85. The van der Waals surface area contributed by atoms with Crippen molar-refractivity contribution in [3.63, 3.8) is 0 Å². The van der Waals surface area contributed by atoms with E-state index in [1.54, 1.807) is 4.98 Å². The van der Waals surface area contributed by atoms with Gasteiger partial charge in [-0.05, 0) is 6.92 Å². The molecule has 0 amide bonds. The van der Waals surface area contributed by atoms with Gasteiger partial charge in [-0.25, -0.2) is 0 Å². The first-order chi connectivity index (χ1) is 5.52. The van der Waals surface area contributed by atoms with Crippen LogP contribution in [0.25, 0.3) is 0 Å². The van der Waals surface area contributed by atoms with Gasteiger partial charge in [0.05, 0.1) is 0 Å². The van der Waals surface area contributed by atoms with Crippen LogP contribution in [0.2, 0.25) is 0 Å². The van der Waals surface area contributed by atoms with E-state index in [4.69, 9.17) is 0 Å². The summed E-state index contributed by atoms with van der Waals surface area (Å²) in [6.45, 7) is 1.18. The molecule has 0 atom stereocenters. The van der Waals surface area contributed by atoms with Crippen molar-refractivity contribution >= 4 is 10.3 Å². The molecule has 0 radical (unpaired) electrons. The maximum absolute atomic E-state index is 12.6. The molecule has 0 saturated carbocycles. The number of rotatable bonds is 0. The van der Waals surface area contributed by atoms with E-state index in [0.29, 0.717) is 0 Å². The highest BCUT2D eigenvalue weighted by Gasteiger charge is 2.04. The summed E-state index contributed by atoms with van der Waals surface area (Å²) in [5.74, 6) is -1.13. The van der Waals surface area contributed by atoms with Crippen LogP contribution < -0.4 is 0 Å². The summed E-state index contributed by atoms with van der Waals surface area (Å²) in [5.41, 5.74) is -0.232. The van der Waals surface area contributed by atoms with Gasteiger partial charge in [0.15, 0.2) is 4.64 Å². The zero-order valence-corrected chi connectivity index (χ0v) is 6.74. The fraction of sp³-hybridized carbons (Fsp3) is 0.200. The molecule has 0 spiro atoms. The average molecular weight is 194 g/mol. The van der Waals surface area contributed by atoms with Gasteiger partial charge in [-0.1, -0.05) is 0 Å². The monoisotopic (exact) mass is 194 g/mol. The summed E-state index contributed by atoms with van der Waals surface area (Å²) in [4.78, 5) is 4.54. The van der Waals surface area contributed by atoms with Crippen molar-refractivity contribution in [3.05, 3.63) is 22.2 Å². The first-order valence-electron chi connectivity index (χ1n) is 2.86. The van der Waals surface area contributed by atoms with Crippen molar-refractivity contribution in [2.75, 3.05) is 0 Å². The van der Waals surface area contributed by atoms with Crippen LogP contribution in [0, 0.1) is 23.6 Å². The number of aromatic amines is 1. The Bertz CT molecular complexity index is 469. The minimum absolute atomic E-state index is 0.232. The minimum atomic E-state index is -2.69. The van der Waals surface area contributed by atoms with Crippen LogP contribution in [0.3, 0.4) is 0 Å². The zero-order chi connectivity index (χ0) is 9.30. The van der Waals surface area contributed by atoms with Gasteiger partial charge in [0.25, 0.3) is 6.08 Å². The number of H-pyrrole nitrogens is 1. The lowest BCUT2D eigenvalue weighted by Crippen LogP contribution is -1.98. The Hall–Kier alpha value is -1.24. The Balaban J connectivity index is 3.86. The maximum Gasteiger partial charge on any atom is 0.290 e. The third kappa shape index (κ3) is 1.50. The smallest absolute Gasteiger partial charge is 0.290 e. The number of hydrogen-bond acceptors (Lipinski definition) is 3. The van der Waals surface area contributed by atoms with Gasteiger partial charge < -0.3 is 4.98 Å². The molecule has 7 heteroatoms. The summed E-state index contributed by atoms with van der Waals surface area (Å²) in [6.07, 6.45) is -1.27. The van der Waals surface area contributed by atoms with E-state index in [9.17, 15) is 17.2 Å². The van der Waals surface area contributed by atoms with Gasteiger partial charge in [-0.3, -0.25) is 0 Å². The largest absolute Gasteiger partial charge is 0.303 e. The number of nitrogens with zero attached hydrogens (tertiary/aromatic N) is 1. The standard InChI is InChI=1S/C5H4F2N2O2S/c1-2-3(6)8-5(7)9-4(2)12(10)11/h1H3,(H,8,9). The van der Waals surface area contributed by atoms with Gasteiger partial charge in [0.1, 0.15) is 0 Å². The summed E-state index contributed by atoms with van der Waals surface area (Å²) in [5, 5.41) is 0. The molecule has 1 aromatic heterocycles. The molecule has 12 heavy (non-hydrogen) atoms. The van der Waals surface area contributed by atoms with Gasteiger partial charge in [0.2, 0.25) is 16.2 Å². The molecule has 0 bridgehead atoms. The van der Waals surface area contributed by atoms with Gasteiger partial charge in [-0.15, -0.1) is 0 Å². The van der Waals surface area contributed by atoms with E-state index in [1.807, 2.05) is 0 Å². The molecule has 0 aromatic carbocycles. The molecule has 0 unspecified atom stereocenters. The normalized spacial score (nSPS) is 9.92. The van der Waals surface area contributed by atoms with Crippen molar-refractivity contribution in [3.8, 4) is 0 Å². The minimum Gasteiger partial charge on any atom is -0.303 e. The molecule has 1 rings (SSSR count). The third-order valence-corrected chi connectivity index (χ3v) is 1.97. The summed E-state index contributed by atoms with van der Waals surface area (Å²) in [7, 11) is -2.69. The predicted octanol–water partition coefficient (Wildman–Crippen LogP) is 0.407. The van der Waals surface area contributed by atoms with Crippen LogP contribution in [-0.4, -0.2) is 18.4 Å². The summed E-state index contributed by atoms with van der Waals surface area (Å²) in [6, 6.07) is 0. The molecule has 1 aromatic rings. The number of halogens is 2. The molecule has 0 fully saturated rings. The fourth-order valence-corrected chi connectivity index (χ4v) is 1.15. The molecule has 0 saturated heterocycles. The second-order valence-electron chi connectivity index (χ2n) is 2.01. The maximum atomic E-state index is 12.6. The third-order valence-electron chi connectivity index (χ3n) is 1.23. The molecular weight excluding hydrogens is 190 g/mol. The van der Waals surface area contributed by atoms with Crippen molar-refractivity contribution in [1.82, 2.24) is 9.97 Å². The van der Waals surface area contributed by atoms with Crippen LogP contribution in [0.5, 0.6) is 0 Å². The van der Waals surface area contributed by atoms with Gasteiger partial charge in [-0.2, -0.15) is 22.2 Å². The molecule has 0 aliphatic rings. The van der Waals surface area contributed by atoms with Crippen molar-refractivity contribution in [2.24, 2.45) is 0 Å². The topological polar surface area (TPSA) is 62.8 Å². The second-order valence-corrected chi connectivity index (χ2v) is 2.88. The lowest BCUT2D eigenvalue weighted by molar-refractivity contribution is 0.474. The van der Waals surface area contributed by atoms with Crippen LogP contribution in [0.15, 0.2) is 0 Å². The number of aromatic nitrogens is 2. The van der Waals surface area contributed by atoms with Crippen molar-refractivity contribution in [1.29, 1.82) is 0 Å². The molecule has 0 aliphatic carbocycles. The Kier molecular flexibility index (Phi) is 2.22. The Morgan fingerprint density at radius 3 is 2.50 bits per heavy atom. The van der Waals surface area contributed by atoms with Crippen LogP contribution in [0.4, 0.5) is 8.78 Å². The highest BCUT2D eigenvalue weighted by molar-refractivity contribution is 7.63. The van der Waals surface area contributed by atoms with Gasteiger partial charge >= 0.3 is 0 Å². The molecule has 0 aliphatic heterocycles. The quantitative estimate of drug-likeness (QED) is 0.369. The lowest BCUT2D eigenvalue weighted by atomic mass is 10.4. The molecule has 1 heterocycles. The van der Waals surface area contributed by atoms with E-state index in [2.05, 4.69) is 4.98 Å². The SMILES string of the molecule is Cc1c(F)nc(F)[nH]c1=S(=O)=O. The predicted molar refractivity (Wildman–Crippen MR) is 35.4 cm³/mol. The van der Waals surface area contributed by atoms with E-state index < -0.39 is 27.0 Å². The summed E-state index contributed by atoms with van der Waals surface area (Å²) < 4.78 is 45.0. The Morgan fingerprint density at radius 1 is 1.42 bits per heavy atom. The average Bonchev–Trinajstić information content (AvgIpc) is 1.96. The number of nitrogens with one attached hydrogen (secondary N) is 1. The van der Waals surface area contributed by atoms with E-state index >= 15 is 0 Å². The van der Waals surface area contributed by atoms with E-state index in [1.165, 1.54) is 6.92 Å². The van der Waals surface area contributed by atoms with Crippen molar-refractivity contribution in [2.45, 2.75) is 6.92 Å². The molecule has 66 valence electrons. The highest BCUT2D eigenvalue weighted by Crippen LogP contribution is 2.01. The van der Waals surface area contributed by atoms with Gasteiger partial charge in [0, 0.05) is 5.56 Å². The molecule has 4 nitrogen and oxygen atoms in total. The summed E-state index contributed by atoms with van der Waals surface area (Å²) >= 11 is 0. The highest BCUT2D eigenvalue weighted by atomic mass is 32.2. The van der Waals surface area contributed by atoms with E-state index in [-0.39, 0.29) is 5.56 Å². The Morgan fingerprint density at radius 2 is 2.00 bits per heavy atom. The Labute approximate surface area is 67.4 Å². The zero-order valence-electron chi connectivity index (χ0n) is 5.93. The van der Waals surface area contributed by atoms with E-state index in [0.717, 1.165) is 0 Å². The molecular formula is C5H4F2N2O2S. The first-order valence-corrected chi connectivity index (χ1v) is 3.94. The molecule has 1 N–H and O–H groups in total. The fourth-order valence-electron chi connectivity index (χ4n) is 0.646. The van der Waals surface area contributed by atoms with Crippen LogP contribution in [0.1, 0.15) is 5.56 Å². The van der Waals surface area contributed by atoms with Crippen molar-refractivity contribution < 1.29 is 17.2 Å². The second kappa shape index (κ2) is 3.02. The van der Waals surface area contributed by atoms with Crippen LogP contribution in [-0.2, 0) is 10.3 Å².